The summed E-state index contributed by atoms with van der Waals surface area (Å²) in [5.41, 5.74) is -0.0664. The first-order valence-electron chi connectivity index (χ1n) is 4.78. The number of carbonyl (C=O) groups is 1. The fraction of sp³-hybridized carbons (Fsp3) is 0. The zero-order valence-corrected chi connectivity index (χ0v) is 8.63. The maximum absolute atomic E-state index is 13.3. The first-order chi connectivity index (χ1) is 8.18. The maximum atomic E-state index is 13.3. The van der Waals surface area contributed by atoms with Crippen LogP contribution in [0.2, 0.25) is 0 Å². The third-order valence-corrected chi connectivity index (χ3v) is 2.07. The number of hydrogen-bond acceptors (Lipinski definition) is 3. The molecule has 0 amide bonds. The highest BCUT2D eigenvalue weighted by molar-refractivity contribution is 5.90. The molecule has 0 aliphatic carbocycles. The monoisotopic (exact) mass is 233 g/mol. The van der Waals surface area contributed by atoms with Crippen molar-refractivity contribution in [1.29, 1.82) is 0 Å². The van der Waals surface area contributed by atoms with Crippen LogP contribution in [0.15, 0.2) is 42.7 Å². The van der Waals surface area contributed by atoms with Gasteiger partial charge in [-0.05, 0) is 18.2 Å². The van der Waals surface area contributed by atoms with E-state index in [0.29, 0.717) is 0 Å². The lowest BCUT2D eigenvalue weighted by Crippen LogP contribution is -2.00. The summed E-state index contributed by atoms with van der Waals surface area (Å²) in [6.45, 7) is 0. The largest absolute Gasteiger partial charge is 0.478 e. The third kappa shape index (κ3) is 2.39. The second-order valence-electron chi connectivity index (χ2n) is 3.21. The molecule has 1 aromatic heterocycles. The molecule has 1 N–H and O–H groups in total. The van der Waals surface area contributed by atoms with E-state index in [9.17, 15) is 9.18 Å². The van der Waals surface area contributed by atoms with E-state index < -0.39 is 11.8 Å². The first kappa shape index (κ1) is 11.1. The van der Waals surface area contributed by atoms with Crippen LogP contribution in [0.4, 0.5) is 4.39 Å². The van der Waals surface area contributed by atoms with Gasteiger partial charge < -0.3 is 9.84 Å². The Morgan fingerprint density at radius 3 is 2.71 bits per heavy atom. The second-order valence-corrected chi connectivity index (χ2v) is 3.21. The zero-order valence-electron chi connectivity index (χ0n) is 8.63. The van der Waals surface area contributed by atoms with Gasteiger partial charge in [0.15, 0.2) is 17.3 Å². The molecule has 5 heteroatoms. The maximum Gasteiger partial charge on any atom is 0.339 e. The summed E-state index contributed by atoms with van der Waals surface area (Å²) in [5.74, 6) is -1.75. The van der Waals surface area contributed by atoms with Gasteiger partial charge in [0.2, 0.25) is 0 Å². The van der Waals surface area contributed by atoms with Gasteiger partial charge in [0.05, 0.1) is 6.20 Å². The van der Waals surface area contributed by atoms with Crippen LogP contribution >= 0.6 is 0 Å². The topological polar surface area (TPSA) is 59.4 Å². The van der Waals surface area contributed by atoms with E-state index in [1.165, 1.54) is 36.7 Å². The summed E-state index contributed by atoms with van der Waals surface area (Å²) in [4.78, 5) is 14.6. The molecule has 2 rings (SSSR count). The molecule has 0 saturated heterocycles. The van der Waals surface area contributed by atoms with Crippen molar-refractivity contribution in [3.05, 3.63) is 54.1 Å². The minimum absolute atomic E-state index is 0.00472. The van der Waals surface area contributed by atoms with Crippen LogP contribution in [0.3, 0.4) is 0 Å². The third-order valence-electron chi connectivity index (χ3n) is 2.07. The molecular formula is C12H8FNO3. The number of nitrogens with zero attached hydrogens (tertiary/aromatic N) is 1. The average molecular weight is 233 g/mol. The van der Waals surface area contributed by atoms with E-state index >= 15 is 0 Å². The molecule has 0 fully saturated rings. The number of hydrogen-bond donors (Lipinski definition) is 1. The number of benzene rings is 1. The highest BCUT2D eigenvalue weighted by atomic mass is 19.1. The number of halogens is 1. The fourth-order valence-electron chi connectivity index (χ4n) is 1.28. The van der Waals surface area contributed by atoms with Crippen molar-refractivity contribution in [3.63, 3.8) is 0 Å². The van der Waals surface area contributed by atoms with Crippen LogP contribution < -0.4 is 4.74 Å². The van der Waals surface area contributed by atoms with E-state index in [4.69, 9.17) is 9.84 Å². The number of carboxylic acids is 1. The Bertz CT molecular complexity index is 557. The van der Waals surface area contributed by atoms with Crippen LogP contribution in [-0.2, 0) is 0 Å². The lowest BCUT2D eigenvalue weighted by molar-refractivity contribution is 0.0694. The van der Waals surface area contributed by atoms with Crippen molar-refractivity contribution >= 4 is 5.97 Å². The molecular weight excluding hydrogens is 225 g/mol. The van der Waals surface area contributed by atoms with Gasteiger partial charge in [-0.3, -0.25) is 4.98 Å². The lowest BCUT2D eigenvalue weighted by atomic mass is 10.2. The Kier molecular flexibility index (Phi) is 3.00. The molecule has 1 aromatic carbocycles. The second kappa shape index (κ2) is 4.61. The Hall–Kier alpha value is -2.43. The number of pyridine rings is 1. The van der Waals surface area contributed by atoms with Crippen molar-refractivity contribution < 1.29 is 19.0 Å². The number of carboxylic acid groups (broad SMARTS) is 1. The van der Waals surface area contributed by atoms with Gasteiger partial charge in [-0.2, -0.15) is 0 Å². The van der Waals surface area contributed by atoms with Crippen LogP contribution in [-0.4, -0.2) is 16.1 Å². The molecule has 0 aliphatic heterocycles. The number of ether oxygens (including phenoxy) is 1. The van der Waals surface area contributed by atoms with Crippen LogP contribution in [0.1, 0.15) is 10.4 Å². The molecule has 4 nitrogen and oxygen atoms in total. The Morgan fingerprint density at radius 1 is 1.24 bits per heavy atom. The van der Waals surface area contributed by atoms with Crippen LogP contribution in [0, 0.1) is 5.82 Å². The minimum atomic E-state index is -1.15. The Morgan fingerprint density at radius 2 is 2.00 bits per heavy atom. The van der Waals surface area contributed by atoms with Crippen molar-refractivity contribution in [2.24, 2.45) is 0 Å². The van der Waals surface area contributed by atoms with E-state index in [1.54, 1.807) is 6.07 Å². The van der Waals surface area contributed by atoms with Gasteiger partial charge >= 0.3 is 5.97 Å². The fourth-order valence-corrected chi connectivity index (χ4v) is 1.28. The first-order valence-corrected chi connectivity index (χ1v) is 4.78. The molecule has 0 radical (unpaired) electrons. The molecule has 2 aromatic rings. The summed E-state index contributed by atoms with van der Waals surface area (Å²) < 4.78 is 18.5. The molecule has 17 heavy (non-hydrogen) atoms. The molecule has 0 saturated carbocycles. The Balaban J connectivity index is 2.37. The van der Waals surface area contributed by atoms with Gasteiger partial charge in [-0.1, -0.05) is 12.1 Å². The normalized spacial score (nSPS) is 9.94. The Labute approximate surface area is 96.3 Å². The van der Waals surface area contributed by atoms with E-state index in [-0.39, 0.29) is 17.1 Å². The molecule has 0 aliphatic rings. The molecule has 0 unspecified atom stereocenters. The number of aromatic carboxylic acids is 1. The highest BCUT2D eigenvalue weighted by Crippen LogP contribution is 2.26. The lowest BCUT2D eigenvalue weighted by Gasteiger charge is -2.08. The van der Waals surface area contributed by atoms with Crippen molar-refractivity contribution in [1.82, 2.24) is 4.98 Å². The summed E-state index contributed by atoms with van der Waals surface area (Å²) in [6, 6.07) is 7.04. The minimum Gasteiger partial charge on any atom is -0.478 e. The van der Waals surface area contributed by atoms with E-state index in [2.05, 4.69) is 4.98 Å². The van der Waals surface area contributed by atoms with Gasteiger partial charge in [-0.25, -0.2) is 9.18 Å². The quantitative estimate of drug-likeness (QED) is 0.885. The highest BCUT2D eigenvalue weighted by Gasteiger charge is 2.13. The summed E-state index contributed by atoms with van der Waals surface area (Å²) >= 11 is 0. The summed E-state index contributed by atoms with van der Waals surface area (Å²) in [6.07, 6.45) is 2.56. The average Bonchev–Trinajstić information content (AvgIpc) is 2.32. The van der Waals surface area contributed by atoms with Gasteiger partial charge in [-0.15, -0.1) is 0 Å². The molecule has 0 spiro atoms. The van der Waals surface area contributed by atoms with E-state index in [0.717, 1.165) is 0 Å². The standard InChI is InChI=1S/C12H8FNO3/c13-9-3-1-2-4-10(9)17-11-7-14-6-5-8(11)12(15)16/h1-7H,(H,15,16). The van der Waals surface area contributed by atoms with Crippen molar-refractivity contribution in [2.75, 3.05) is 0 Å². The number of para-hydroxylation sites is 1. The van der Waals surface area contributed by atoms with Crippen molar-refractivity contribution in [2.45, 2.75) is 0 Å². The number of rotatable bonds is 3. The van der Waals surface area contributed by atoms with Crippen LogP contribution in [0.25, 0.3) is 0 Å². The molecule has 86 valence electrons. The van der Waals surface area contributed by atoms with Gasteiger partial charge in [0.1, 0.15) is 5.56 Å². The molecule has 1 heterocycles. The molecule has 0 atom stereocenters. The number of aromatic nitrogens is 1. The van der Waals surface area contributed by atoms with E-state index in [1.807, 2.05) is 0 Å². The predicted molar refractivity (Wildman–Crippen MR) is 57.7 cm³/mol. The van der Waals surface area contributed by atoms with Crippen molar-refractivity contribution in [3.8, 4) is 11.5 Å². The van der Waals surface area contributed by atoms with Gasteiger partial charge in [0.25, 0.3) is 0 Å². The summed E-state index contributed by atoms with van der Waals surface area (Å²) in [5, 5.41) is 8.91. The predicted octanol–water partition coefficient (Wildman–Crippen LogP) is 2.71. The SMILES string of the molecule is O=C(O)c1ccncc1Oc1ccccc1F. The van der Waals surface area contributed by atoms with Gasteiger partial charge in [0, 0.05) is 6.20 Å². The molecule has 0 bridgehead atoms. The summed E-state index contributed by atoms with van der Waals surface area (Å²) in [7, 11) is 0. The van der Waals surface area contributed by atoms with Crippen LogP contribution in [0.5, 0.6) is 11.5 Å². The smallest absolute Gasteiger partial charge is 0.339 e. The zero-order chi connectivity index (χ0) is 12.3.